The van der Waals surface area contributed by atoms with E-state index >= 15 is 0 Å². The first-order valence-corrected chi connectivity index (χ1v) is 12.3. The van der Waals surface area contributed by atoms with Gasteiger partial charge in [0, 0.05) is 22.4 Å². The topological polar surface area (TPSA) is 17.3 Å². The van der Waals surface area contributed by atoms with Gasteiger partial charge in [-0.2, -0.15) is 0 Å². The Hall–Kier alpha value is -3.91. The highest BCUT2D eigenvalue weighted by atomic mass is 15.0. The number of aromatic nitrogens is 2. The number of aryl methyl sites for hydroxylation is 6. The lowest BCUT2D eigenvalue weighted by atomic mass is 9.88. The van der Waals surface area contributed by atoms with Crippen LogP contribution in [-0.2, 0) is 0 Å². The third-order valence-electron chi connectivity index (χ3n) is 7.46. The molecule has 0 aliphatic heterocycles. The van der Waals surface area contributed by atoms with Crippen LogP contribution in [0, 0.1) is 41.5 Å². The van der Waals surface area contributed by atoms with Crippen LogP contribution in [0.5, 0.6) is 0 Å². The summed E-state index contributed by atoms with van der Waals surface area (Å²) >= 11 is 0. The van der Waals surface area contributed by atoms with Crippen molar-refractivity contribution in [3.63, 3.8) is 0 Å². The van der Waals surface area contributed by atoms with E-state index < -0.39 is 0 Å². The van der Waals surface area contributed by atoms with Crippen molar-refractivity contribution in [1.29, 1.82) is 0 Å². The average molecular weight is 455 g/mol. The Bertz CT molecular complexity index is 1760. The predicted molar refractivity (Wildman–Crippen MR) is 149 cm³/mol. The largest absolute Gasteiger partial charge is 0.299 e. The number of hydrogen-bond acceptors (Lipinski definition) is 1. The summed E-state index contributed by atoms with van der Waals surface area (Å²) in [6.45, 7) is 13.2. The van der Waals surface area contributed by atoms with E-state index in [0.717, 1.165) is 11.3 Å². The lowest BCUT2D eigenvalue weighted by Crippen LogP contribution is -1.98. The Morgan fingerprint density at radius 1 is 0.600 bits per heavy atom. The van der Waals surface area contributed by atoms with Crippen molar-refractivity contribution in [3.8, 4) is 22.3 Å². The highest BCUT2D eigenvalue weighted by Gasteiger charge is 2.19. The van der Waals surface area contributed by atoms with Crippen LogP contribution in [0.15, 0.2) is 72.9 Å². The van der Waals surface area contributed by atoms with Crippen LogP contribution in [0.4, 0.5) is 0 Å². The molecule has 172 valence electrons. The molecule has 0 fully saturated rings. The molecule has 2 aromatic heterocycles. The standard InChI is InChI=1S/C33H30N2/c1-19-10-7-11-20(2)29(19)25-16-23(5)32-28(17-25)31-26(30-21(3)12-8-13-22(30)4)14-9-15-27(31)33-34-24(6)18-35(32)33/h7-18H,1-6H3. The minimum Gasteiger partial charge on any atom is -0.299 e. The van der Waals surface area contributed by atoms with Crippen molar-refractivity contribution >= 4 is 27.3 Å². The Kier molecular flexibility index (Phi) is 4.82. The molecule has 0 atom stereocenters. The third-order valence-corrected chi connectivity index (χ3v) is 7.46. The molecular formula is C33H30N2. The first-order chi connectivity index (χ1) is 16.8. The summed E-state index contributed by atoms with van der Waals surface area (Å²) < 4.78 is 2.30. The number of rotatable bonds is 2. The predicted octanol–water partition coefficient (Wildman–Crippen LogP) is 8.83. The molecule has 0 saturated carbocycles. The molecule has 0 bridgehead atoms. The fourth-order valence-electron chi connectivity index (χ4n) is 6.04. The third kappa shape index (κ3) is 3.20. The van der Waals surface area contributed by atoms with Crippen LogP contribution in [0.25, 0.3) is 49.6 Å². The van der Waals surface area contributed by atoms with Gasteiger partial charge in [-0.05, 0) is 104 Å². The van der Waals surface area contributed by atoms with E-state index in [1.54, 1.807) is 0 Å². The van der Waals surface area contributed by atoms with Gasteiger partial charge in [0.2, 0.25) is 0 Å². The van der Waals surface area contributed by atoms with Crippen molar-refractivity contribution < 1.29 is 0 Å². The summed E-state index contributed by atoms with van der Waals surface area (Å²) in [5.74, 6) is 0. The molecule has 0 unspecified atom stereocenters. The maximum absolute atomic E-state index is 4.98. The molecule has 0 spiro atoms. The summed E-state index contributed by atoms with van der Waals surface area (Å²) in [4.78, 5) is 4.98. The van der Waals surface area contributed by atoms with Crippen LogP contribution >= 0.6 is 0 Å². The van der Waals surface area contributed by atoms with E-state index in [0.29, 0.717) is 0 Å². The van der Waals surface area contributed by atoms with E-state index in [4.69, 9.17) is 4.98 Å². The van der Waals surface area contributed by atoms with Crippen molar-refractivity contribution in [3.05, 3.63) is 106 Å². The molecule has 4 aromatic carbocycles. The molecule has 35 heavy (non-hydrogen) atoms. The molecule has 0 N–H and O–H groups in total. The lowest BCUT2D eigenvalue weighted by Gasteiger charge is -2.19. The first kappa shape index (κ1) is 21.6. The van der Waals surface area contributed by atoms with Gasteiger partial charge in [0.15, 0.2) is 0 Å². The number of pyridine rings is 1. The molecule has 0 aliphatic carbocycles. The van der Waals surface area contributed by atoms with Crippen LogP contribution in [0.3, 0.4) is 0 Å². The molecule has 6 rings (SSSR count). The summed E-state index contributed by atoms with van der Waals surface area (Å²) in [6.07, 6.45) is 2.18. The van der Waals surface area contributed by atoms with Gasteiger partial charge >= 0.3 is 0 Å². The van der Waals surface area contributed by atoms with Gasteiger partial charge in [0.25, 0.3) is 0 Å². The molecule has 2 heteroatoms. The second kappa shape index (κ2) is 7.81. The monoisotopic (exact) mass is 454 g/mol. The van der Waals surface area contributed by atoms with Gasteiger partial charge in [-0.3, -0.25) is 4.40 Å². The van der Waals surface area contributed by atoms with Crippen molar-refractivity contribution in [2.45, 2.75) is 41.5 Å². The van der Waals surface area contributed by atoms with Gasteiger partial charge in [-0.25, -0.2) is 4.98 Å². The number of nitrogens with zero attached hydrogens (tertiary/aromatic N) is 2. The Labute approximate surface area is 206 Å². The number of benzene rings is 4. The highest BCUT2D eigenvalue weighted by molar-refractivity contribution is 6.19. The Morgan fingerprint density at radius 2 is 1.20 bits per heavy atom. The molecular weight excluding hydrogens is 424 g/mol. The Balaban J connectivity index is 1.87. The van der Waals surface area contributed by atoms with Gasteiger partial charge in [0.05, 0.1) is 11.2 Å². The molecule has 0 radical (unpaired) electrons. The summed E-state index contributed by atoms with van der Waals surface area (Å²) in [5, 5.41) is 3.76. The number of hydrogen-bond donors (Lipinski definition) is 0. The Morgan fingerprint density at radius 3 is 1.86 bits per heavy atom. The summed E-state index contributed by atoms with van der Waals surface area (Å²) in [7, 11) is 0. The fraction of sp³-hybridized carbons (Fsp3) is 0.182. The van der Waals surface area contributed by atoms with Gasteiger partial charge in [-0.1, -0.05) is 54.6 Å². The molecule has 0 amide bonds. The fourth-order valence-corrected chi connectivity index (χ4v) is 6.04. The maximum atomic E-state index is 4.98. The van der Waals surface area contributed by atoms with Crippen LogP contribution in [-0.4, -0.2) is 9.38 Å². The van der Waals surface area contributed by atoms with Gasteiger partial charge < -0.3 is 0 Å². The van der Waals surface area contributed by atoms with Crippen molar-refractivity contribution in [2.75, 3.05) is 0 Å². The van der Waals surface area contributed by atoms with E-state index in [9.17, 15) is 0 Å². The zero-order valence-electron chi connectivity index (χ0n) is 21.3. The van der Waals surface area contributed by atoms with Crippen molar-refractivity contribution in [2.24, 2.45) is 0 Å². The molecule has 0 saturated heterocycles. The first-order valence-electron chi connectivity index (χ1n) is 12.3. The minimum absolute atomic E-state index is 1.03. The molecule has 2 heterocycles. The smallest absolute Gasteiger partial charge is 0.145 e. The van der Waals surface area contributed by atoms with Gasteiger partial charge in [0.1, 0.15) is 5.65 Å². The SMILES string of the molecule is Cc1cn2c(n1)c1cccc(-c3c(C)cccc3C)c1c1cc(-c3c(C)cccc3C)cc(C)c12. The van der Waals surface area contributed by atoms with Gasteiger partial charge in [-0.15, -0.1) is 0 Å². The van der Waals surface area contributed by atoms with Crippen LogP contribution in [0.2, 0.25) is 0 Å². The van der Waals surface area contributed by atoms with Crippen LogP contribution in [0.1, 0.15) is 33.5 Å². The minimum atomic E-state index is 1.03. The highest BCUT2D eigenvalue weighted by Crippen LogP contribution is 2.42. The maximum Gasteiger partial charge on any atom is 0.145 e. The summed E-state index contributed by atoms with van der Waals surface area (Å²) in [5.41, 5.74) is 15.0. The molecule has 2 nitrogen and oxygen atoms in total. The van der Waals surface area contributed by atoms with Crippen LogP contribution < -0.4 is 0 Å². The van der Waals surface area contributed by atoms with E-state index in [2.05, 4.69) is 119 Å². The summed E-state index contributed by atoms with van der Waals surface area (Å²) in [6, 6.07) is 24.6. The average Bonchev–Trinajstić information content (AvgIpc) is 3.20. The number of imidazole rings is 1. The molecule has 6 aromatic rings. The normalized spacial score (nSPS) is 11.7. The quantitative estimate of drug-likeness (QED) is 0.239. The number of fused-ring (bicyclic) bond motifs is 6. The van der Waals surface area contributed by atoms with E-state index in [1.807, 2.05) is 0 Å². The van der Waals surface area contributed by atoms with Crippen molar-refractivity contribution in [1.82, 2.24) is 9.38 Å². The second-order valence-corrected chi connectivity index (χ2v) is 10.0. The lowest BCUT2D eigenvalue weighted by molar-refractivity contribution is 1.24. The zero-order chi connectivity index (χ0) is 24.4. The molecule has 0 aliphatic rings. The van der Waals surface area contributed by atoms with E-state index in [-0.39, 0.29) is 0 Å². The second-order valence-electron chi connectivity index (χ2n) is 10.0. The van der Waals surface area contributed by atoms with E-state index in [1.165, 1.54) is 71.7 Å². The zero-order valence-corrected chi connectivity index (χ0v) is 21.3.